The maximum Gasteiger partial charge on any atom is 0.262 e. The van der Waals surface area contributed by atoms with E-state index in [4.69, 9.17) is 32.9 Å². The summed E-state index contributed by atoms with van der Waals surface area (Å²) in [6.07, 6.45) is 6.43. The summed E-state index contributed by atoms with van der Waals surface area (Å²) in [5.74, 6) is 0.956. The van der Waals surface area contributed by atoms with E-state index in [-0.39, 0.29) is 23.6 Å². The van der Waals surface area contributed by atoms with Crippen LogP contribution in [0.2, 0.25) is 10.0 Å². The van der Waals surface area contributed by atoms with Gasteiger partial charge in [-0.2, -0.15) is 0 Å². The first kappa shape index (κ1) is 34.1. The van der Waals surface area contributed by atoms with Gasteiger partial charge in [-0.25, -0.2) is 9.97 Å². The molecular formula is C38H38Cl2N6O4. The molecule has 50 heavy (non-hydrogen) atoms. The number of aromatic nitrogens is 3. The minimum atomic E-state index is -0.383. The summed E-state index contributed by atoms with van der Waals surface area (Å²) in [6.45, 7) is 2.00. The third-order valence-electron chi connectivity index (χ3n) is 9.41. The molecule has 0 bridgehead atoms. The van der Waals surface area contributed by atoms with E-state index in [1.165, 1.54) is 4.40 Å². The van der Waals surface area contributed by atoms with Crippen LogP contribution in [-0.2, 0) is 17.9 Å². The van der Waals surface area contributed by atoms with Crippen LogP contribution >= 0.6 is 23.2 Å². The summed E-state index contributed by atoms with van der Waals surface area (Å²) in [7, 11) is 1.59. The average Bonchev–Trinajstić information content (AvgIpc) is 3.90. The normalized spacial score (nSPS) is 16.5. The lowest BCUT2D eigenvalue weighted by Gasteiger charge is -2.16. The molecule has 2 atom stereocenters. The van der Waals surface area contributed by atoms with Gasteiger partial charge in [0.05, 0.1) is 29.0 Å². The molecule has 1 aliphatic heterocycles. The number of aliphatic hydroxyl groups is 1. The van der Waals surface area contributed by atoms with Crippen molar-refractivity contribution in [2.45, 2.75) is 50.9 Å². The number of halogens is 2. The number of aliphatic hydroxyl groups excluding tert-OH is 1. The average molecular weight is 714 g/mol. The number of ether oxygens (including phenoxy) is 1. The molecule has 1 unspecified atom stereocenters. The topological polar surface area (TPSA) is 130 Å². The van der Waals surface area contributed by atoms with Crippen molar-refractivity contribution >= 4 is 34.8 Å². The van der Waals surface area contributed by atoms with Crippen molar-refractivity contribution in [1.29, 1.82) is 0 Å². The minimum absolute atomic E-state index is 0.0939. The van der Waals surface area contributed by atoms with Gasteiger partial charge in [-0.15, -0.1) is 0 Å². The molecule has 1 aliphatic carbocycles. The van der Waals surface area contributed by atoms with Crippen molar-refractivity contribution in [1.82, 2.24) is 30.3 Å². The van der Waals surface area contributed by atoms with Crippen LogP contribution in [0.4, 0.5) is 0 Å². The molecule has 7 rings (SSSR count). The lowest BCUT2D eigenvalue weighted by molar-refractivity contribution is -0.119. The van der Waals surface area contributed by atoms with E-state index in [9.17, 15) is 14.7 Å². The van der Waals surface area contributed by atoms with Gasteiger partial charge >= 0.3 is 0 Å². The summed E-state index contributed by atoms with van der Waals surface area (Å²) < 4.78 is 7.16. The van der Waals surface area contributed by atoms with Crippen molar-refractivity contribution in [3.05, 3.63) is 105 Å². The van der Waals surface area contributed by atoms with E-state index < -0.39 is 0 Å². The number of benzene rings is 2. The molecule has 1 amide bonds. The van der Waals surface area contributed by atoms with Crippen molar-refractivity contribution in [3.63, 3.8) is 0 Å². The van der Waals surface area contributed by atoms with Gasteiger partial charge in [0.15, 0.2) is 0 Å². The van der Waals surface area contributed by atoms with Crippen LogP contribution in [0, 0.1) is 5.92 Å². The zero-order chi connectivity index (χ0) is 34.8. The second-order valence-electron chi connectivity index (χ2n) is 12.9. The number of carbonyl (C=O) groups excluding carboxylic acids is 1. The highest BCUT2D eigenvalue weighted by Gasteiger charge is 2.29. The van der Waals surface area contributed by atoms with E-state index in [0.29, 0.717) is 71.3 Å². The number of hydrogen-bond acceptors (Lipinski definition) is 8. The number of fused-ring (bicyclic) bond motifs is 1. The monoisotopic (exact) mass is 712 g/mol. The number of methoxy groups -OCH3 is 1. The quantitative estimate of drug-likeness (QED) is 0.124. The van der Waals surface area contributed by atoms with Gasteiger partial charge in [-0.1, -0.05) is 65.7 Å². The van der Waals surface area contributed by atoms with Gasteiger partial charge in [-0.05, 0) is 48.9 Å². The molecule has 1 saturated carbocycles. The third-order valence-corrected chi connectivity index (χ3v) is 10.2. The fourth-order valence-corrected chi connectivity index (χ4v) is 7.11. The summed E-state index contributed by atoms with van der Waals surface area (Å²) in [4.78, 5) is 34.1. The van der Waals surface area contributed by atoms with E-state index in [1.807, 2.05) is 60.7 Å². The Balaban J connectivity index is 1.11. The van der Waals surface area contributed by atoms with Crippen LogP contribution in [0.25, 0.3) is 39.2 Å². The van der Waals surface area contributed by atoms with E-state index in [1.54, 1.807) is 19.5 Å². The molecule has 4 N–H and O–H groups in total. The molecule has 3 aromatic heterocycles. The zero-order valence-corrected chi connectivity index (χ0v) is 29.1. The van der Waals surface area contributed by atoms with Crippen molar-refractivity contribution in [3.8, 4) is 39.4 Å². The van der Waals surface area contributed by atoms with Gasteiger partial charge in [0.25, 0.3) is 5.56 Å². The van der Waals surface area contributed by atoms with Gasteiger partial charge < -0.3 is 25.8 Å². The van der Waals surface area contributed by atoms with Gasteiger partial charge in [0, 0.05) is 84.4 Å². The Kier molecular flexibility index (Phi) is 10.2. The summed E-state index contributed by atoms with van der Waals surface area (Å²) in [6, 6.07) is 19.3. The number of carbonyl (C=O) groups is 1. The summed E-state index contributed by atoms with van der Waals surface area (Å²) in [5.41, 5.74) is 6.24. The number of hydrogen-bond donors (Lipinski definition) is 4. The van der Waals surface area contributed by atoms with Crippen molar-refractivity contribution < 1.29 is 14.6 Å². The molecule has 12 heteroatoms. The Morgan fingerprint density at radius 3 is 2.38 bits per heavy atom. The van der Waals surface area contributed by atoms with Crippen LogP contribution < -0.4 is 26.2 Å². The second kappa shape index (κ2) is 14.9. The highest BCUT2D eigenvalue weighted by Crippen LogP contribution is 2.42. The smallest absolute Gasteiger partial charge is 0.262 e. The molecule has 2 fully saturated rings. The fourth-order valence-electron chi connectivity index (χ4n) is 6.45. The first-order valence-electron chi connectivity index (χ1n) is 16.8. The zero-order valence-electron chi connectivity index (χ0n) is 27.6. The Bertz CT molecular complexity index is 2120. The summed E-state index contributed by atoms with van der Waals surface area (Å²) >= 11 is 14.2. The van der Waals surface area contributed by atoms with Gasteiger partial charge in [0.2, 0.25) is 11.8 Å². The van der Waals surface area contributed by atoms with E-state index >= 15 is 0 Å². The maximum absolute atomic E-state index is 13.2. The van der Waals surface area contributed by atoms with Crippen LogP contribution in [0.5, 0.6) is 5.88 Å². The van der Waals surface area contributed by atoms with E-state index in [2.05, 4.69) is 20.9 Å². The first-order chi connectivity index (χ1) is 24.3. The summed E-state index contributed by atoms with van der Waals surface area (Å²) in [5, 5.41) is 20.7. The van der Waals surface area contributed by atoms with Crippen LogP contribution in [-0.4, -0.2) is 57.7 Å². The molecule has 0 spiro atoms. The fraction of sp³-hybridized carbons (Fsp3) is 0.316. The Morgan fingerprint density at radius 1 is 0.940 bits per heavy atom. The van der Waals surface area contributed by atoms with Gasteiger partial charge in [0.1, 0.15) is 5.65 Å². The van der Waals surface area contributed by atoms with Crippen LogP contribution in [0.3, 0.4) is 0 Å². The lowest BCUT2D eigenvalue weighted by atomic mass is 9.97. The number of pyridine rings is 2. The minimum Gasteiger partial charge on any atom is -0.481 e. The largest absolute Gasteiger partial charge is 0.481 e. The first-order valence-corrected chi connectivity index (χ1v) is 17.6. The number of nitrogens with zero attached hydrogens (tertiary/aromatic N) is 3. The Hall–Kier alpha value is -4.32. The number of amides is 1. The molecule has 2 aromatic carbocycles. The standard InChI is InChI=1S/C38H38Cl2N6O4/c1-50-37-24(17-41-20-26-11-13-34(48)44-26)10-12-31(45-37)30-7-3-6-29(36(30)40)28-5-2-4-27(35(28)39)23-14-15-46-33(16-23)43-19-25(38(46)49)18-42-21-32(47)22-8-9-22/h2-7,10,12,14-16,19,22,26,32,41-42,47H,8-9,11,13,17-18,20-21H2,1H3,(H,44,48)/t26-,32?/m1/s1. The molecule has 258 valence electrons. The highest BCUT2D eigenvalue weighted by molar-refractivity contribution is 6.39. The number of rotatable bonds is 13. The van der Waals surface area contributed by atoms with Crippen LogP contribution in [0.1, 0.15) is 36.8 Å². The Labute approximate surface area is 299 Å². The molecular weight excluding hydrogens is 675 g/mol. The predicted octanol–water partition coefficient (Wildman–Crippen LogP) is 5.63. The highest BCUT2D eigenvalue weighted by atomic mass is 35.5. The van der Waals surface area contributed by atoms with Crippen LogP contribution in [0.15, 0.2) is 77.9 Å². The van der Waals surface area contributed by atoms with Gasteiger partial charge in [-0.3, -0.25) is 14.0 Å². The number of nitrogens with one attached hydrogen (secondary N) is 3. The van der Waals surface area contributed by atoms with Crippen molar-refractivity contribution in [2.75, 3.05) is 20.2 Å². The molecule has 4 heterocycles. The molecule has 10 nitrogen and oxygen atoms in total. The van der Waals surface area contributed by atoms with E-state index in [0.717, 1.165) is 52.6 Å². The van der Waals surface area contributed by atoms with Crippen molar-refractivity contribution in [2.24, 2.45) is 5.92 Å². The predicted molar refractivity (Wildman–Crippen MR) is 195 cm³/mol. The SMILES string of the molecule is COc1nc(-c2cccc(-c3cccc(-c4ccn5c(=O)c(CNCC(O)C6CC6)cnc5c4)c3Cl)c2Cl)ccc1CNC[C@H]1CCC(=O)N1. The lowest BCUT2D eigenvalue weighted by Crippen LogP contribution is -2.35. The maximum atomic E-state index is 13.2. The molecule has 2 aliphatic rings. The molecule has 0 radical (unpaired) electrons. The third kappa shape index (κ3) is 7.26. The second-order valence-corrected chi connectivity index (χ2v) is 13.7. The molecule has 1 saturated heterocycles. The molecule has 5 aromatic rings. The Morgan fingerprint density at radius 2 is 1.66 bits per heavy atom.